The number of nitrogens with two attached hydrogens (primary N) is 1. The van der Waals surface area contributed by atoms with Gasteiger partial charge < -0.3 is 15.6 Å². The van der Waals surface area contributed by atoms with Crippen molar-refractivity contribution in [3.8, 4) is 11.1 Å². The van der Waals surface area contributed by atoms with E-state index >= 15 is 4.39 Å². The van der Waals surface area contributed by atoms with Gasteiger partial charge in [-0.2, -0.15) is 13.2 Å². The summed E-state index contributed by atoms with van der Waals surface area (Å²) >= 11 is 0. The van der Waals surface area contributed by atoms with E-state index in [4.69, 9.17) is 5.73 Å². The van der Waals surface area contributed by atoms with Crippen molar-refractivity contribution in [2.45, 2.75) is 12.6 Å². The lowest BCUT2D eigenvalue weighted by molar-refractivity contribution is -0.137. The molecule has 0 bridgehead atoms. The number of halogens is 4. The van der Waals surface area contributed by atoms with Crippen molar-refractivity contribution in [1.29, 1.82) is 0 Å². The van der Waals surface area contributed by atoms with Gasteiger partial charge in [0.1, 0.15) is 5.82 Å². The van der Waals surface area contributed by atoms with E-state index in [2.05, 4.69) is 11.6 Å². The number of nitrogens with one attached hydrogen (secondary N) is 1. The fraction of sp³-hybridized carbons (Fsp3) is 0.120. The molecule has 5 rings (SSSR count). The molecule has 0 saturated heterocycles. The van der Waals surface area contributed by atoms with Crippen LogP contribution in [0.1, 0.15) is 21.5 Å². The van der Waals surface area contributed by atoms with Crippen LogP contribution in [0, 0.1) is 5.82 Å². The molecule has 0 radical (unpaired) electrons. The summed E-state index contributed by atoms with van der Waals surface area (Å²) in [5.41, 5.74) is 6.57. The molecule has 0 unspecified atom stereocenters. The number of nitrogens with zero attached hydrogens (tertiary/aromatic N) is 1. The highest BCUT2D eigenvalue weighted by Gasteiger charge is 2.32. The quantitative estimate of drug-likeness (QED) is 0.316. The summed E-state index contributed by atoms with van der Waals surface area (Å²) in [5.74, 6) is -1.96. The lowest BCUT2D eigenvalue weighted by atomic mass is 9.92. The molecule has 0 spiro atoms. The fourth-order valence-corrected chi connectivity index (χ4v) is 4.69. The zero-order valence-corrected chi connectivity index (χ0v) is 17.6. The zero-order chi connectivity index (χ0) is 24.4. The van der Waals surface area contributed by atoms with Crippen molar-refractivity contribution in [2.24, 2.45) is 5.73 Å². The van der Waals surface area contributed by atoms with Crippen LogP contribution in [0.25, 0.3) is 32.9 Å². The Hall–Kier alpha value is -4.14. The van der Waals surface area contributed by atoms with Crippen LogP contribution in [0.15, 0.2) is 55.1 Å². The summed E-state index contributed by atoms with van der Waals surface area (Å²) in [7, 11) is 0. The second-order valence-corrected chi connectivity index (χ2v) is 8.03. The number of primary amides is 1. The number of aromatic nitrogens is 1. The van der Waals surface area contributed by atoms with Crippen LogP contribution in [0.2, 0.25) is 0 Å². The first-order chi connectivity index (χ1) is 16.1. The number of hydrogen-bond donors (Lipinski definition) is 2. The number of benzene rings is 3. The molecule has 3 aromatic carbocycles. The highest BCUT2D eigenvalue weighted by Crippen LogP contribution is 2.44. The Morgan fingerprint density at radius 1 is 1.15 bits per heavy atom. The smallest absolute Gasteiger partial charge is 0.366 e. The van der Waals surface area contributed by atoms with Crippen molar-refractivity contribution >= 4 is 39.3 Å². The van der Waals surface area contributed by atoms with Gasteiger partial charge in [0.05, 0.1) is 16.6 Å². The van der Waals surface area contributed by atoms with Crippen LogP contribution >= 0.6 is 0 Å². The molecule has 3 N–H and O–H groups in total. The van der Waals surface area contributed by atoms with Gasteiger partial charge in [-0.1, -0.05) is 24.8 Å². The van der Waals surface area contributed by atoms with E-state index in [1.807, 2.05) is 0 Å². The van der Waals surface area contributed by atoms with Crippen molar-refractivity contribution in [3.05, 3.63) is 77.6 Å². The summed E-state index contributed by atoms with van der Waals surface area (Å²) in [6.07, 6.45) is -2.93. The van der Waals surface area contributed by atoms with Gasteiger partial charge >= 0.3 is 6.18 Å². The highest BCUT2D eigenvalue weighted by molar-refractivity contribution is 6.20. The highest BCUT2D eigenvalue weighted by atomic mass is 19.4. The third kappa shape index (κ3) is 3.15. The van der Waals surface area contributed by atoms with Crippen LogP contribution in [-0.2, 0) is 17.4 Å². The molecule has 1 aliphatic rings. The molecule has 5 nitrogen and oxygen atoms in total. The Balaban J connectivity index is 1.86. The third-order valence-electron chi connectivity index (χ3n) is 6.16. The van der Waals surface area contributed by atoms with E-state index in [1.54, 1.807) is 18.2 Å². The standard InChI is InChI=1S/C25H17F4N3O2/c1-2-20(33)32-9-8-13-14(4-3-5-19(13)32)21-17(26)11-16(24(30)34)23-22(21)15-7-6-12(25(27,28)29)10-18(15)31-23/h2-7,10-11,31H,1,8-9H2,(H2,30,34). The lowest BCUT2D eigenvalue weighted by Gasteiger charge is -2.17. The minimum Gasteiger partial charge on any atom is -0.366 e. The van der Waals surface area contributed by atoms with Gasteiger partial charge in [0.15, 0.2) is 0 Å². The lowest BCUT2D eigenvalue weighted by Crippen LogP contribution is -2.26. The second-order valence-electron chi connectivity index (χ2n) is 8.03. The Morgan fingerprint density at radius 3 is 2.59 bits per heavy atom. The van der Waals surface area contributed by atoms with Crippen LogP contribution in [-0.4, -0.2) is 23.3 Å². The zero-order valence-electron chi connectivity index (χ0n) is 17.6. The molecule has 0 atom stereocenters. The molecule has 9 heteroatoms. The first kappa shape index (κ1) is 21.7. The maximum atomic E-state index is 15.6. The van der Waals surface area contributed by atoms with Gasteiger partial charge in [-0.3, -0.25) is 9.59 Å². The molecule has 2 heterocycles. The van der Waals surface area contributed by atoms with Gasteiger partial charge in [0, 0.05) is 34.1 Å². The number of carbonyl (C=O) groups excluding carboxylic acids is 2. The van der Waals surface area contributed by atoms with E-state index in [0.29, 0.717) is 35.2 Å². The number of carbonyl (C=O) groups is 2. The average molecular weight is 467 g/mol. The molecule has 34 heavy (non-hydrogen) atoms. The van der Waals surface area contributed by atoms with E-state index in [0.717, 1.165) is 18.2 Å². The van der Waals surface area contributed by atoms with Crippen LogP contribution < -0.4 is 10.6 Å². The van der Waals surface area contributed by atoms with Crippen molar-refractivity contribution < 1.29 is 27.2 Å². The van der Waals surface area contributed by atoms with E-state index in [-0.39, 0.29) is 33.5 Å². The molecule has 2 amide bonds. The van der Waals surface area contributed by atoms with Gasteiger partial charge in [-0.25, -0.2) is 4.39 Å². The minimum atomic E-state index is -4.58. The summed E-state index contributed by atoms with van der Waals surface area (Å²) < 4.78 is 55.4. The summed E-state index contributed by atoms with van der Waals surface area (Å²) in [6.45, 7) is 3.89. The van der Waals surface area contributed by atoms with Gasteiger partial charge in [0.2, 0.25) is 5.91 Å². The maximum absolute atomic E-state index is 15.6. The second kappa shape index (κ2) is 7.44. The largest absolute Gasteiger partial charge is 0.416 e. The normalized spacial score (nSPS) is 13.5. The summed E-state index contributed by atoms with van der Waals surface area (Å²) in [4.78, 5) is 28.7. The Bertz CT molecular complexity index is 1540. The molecule has 1 aromatic heterocycles. The first-order valence-electron chi connectivity index (χ1n) is 10.3. The SMILES string of the molecule is C=CC(=O)N1CCc2c(-c3c(F)cc(C(N)=O)c4[nH]c5cc(C(F)(F)F)ccc5c34)cccc21. The molecule has 0 fully saturated rings. The van der Waals surface area contributed by atoms with E-state index < -0.39 is 23.5 Å². The van der Waals surface area contributed by atoms with E-state index in [9.17, 15) is 22.8 Å². The summed E-state index contributed by atoms with van der Waals surface area (Å²) in [6, 6.07) is 9.17. The maximum Gasteiger partial charge on any atom is 0.416 e. The predicted octanol–water partition coefficient (Wildman–Crippen LogP) is 5.32. The molecule has 1 aliphatic heterocycles. The number of amides is 2. The van der Waals surface area contributed by atoms with Crippen molar-refractivity contribution in [2.75, 3.05) is 11.4 Å². The number of fused-ring (bicyclic) bond motifs is 4. The van der Waals surface area contributed by atoms with Gasteiger partial charge in [-0.15, -0.1) is 0 Å². The van der Waals surface area contributed by atoms with E-state index in [1.165, 1.54) is 17.0 Å². The number of H-pyrrole nitrogens is 1. The monoisotopic (exact) mass is 467 g/mol. The average Bonchev–Trinajstić information content (AvgIpc) is 3.39. The minimum absolute atomic E-state index is 0.0928. The number of hydrogen-bond acceptors (Lipinski definition) is 2. The number of rotatable bonds is 3. The van der Waals surface area contributed by atoms with Crippen LogP contribution in [0.5, 0.6) is 0 Å². The molecule has 172 valence electrons. The van der Waals surface area contributed by atoms with Crippen LogP contribution in [0.3, 0.4) is 0 Å². The molecule has 0 aliphatic carbocycles. The molecule has 0 saturated carbocycles. The summed E-state index contributed by atoms with van der Waals surface area (Å²) in [5, 5.41) is 0.564. The van der Waals surface area contributed by atoms with Gasteiger partial charge in [-0.05, 0) is 47.9 Å². The van der Waals surface area contributed by atoms with Crippen molar-refractivity contribution in [3.63, 3.8) is 0 Å². The Labute approximate surface area is 190 Å². The fourth-order valence-electron chi connectivity index (χ4n) is 4.69. The molecular weight excluding hydrogens is 450 g/mol. The Kier molecular flexibility index (Phi) is 4.75. The molecule has 4 aromatic rings. The third-order valence-corrected chi connectivity index (χ3v) is 6.16. The van der Waals surface area contributed by atoms with Gasteiger partial charge in [0.25, 0.3) is 5.91 Å². The predicted molar refractivity (Wildman–Crippen MR) is 121 cm³/mol. The molecular formula is C25H17F4N3O2. The first-order valence-corrected chi connectivity index (χ1v) is 10.3. The van der Waals surface area contributed by atoms with Crippen molar-refractivity contribution in [1.82, 2.24) is 4.98 Å². The Morgan fingerprint density at radius 2 is 1.91 bits per heavy atom. The van der Waals surface area contributed by atoms with Crippen LogP contribution in [0.4, 0.5) is 23.2 Å². The number of anilines is 1. The number of aromatic amines is 1. The topological polar surface area (TPSA) is 79.2 Å². The number of alkyl halides is 3.